The van der Waals surface area contributed by atoms with E-state index in [0.717, 1.165) is 18.8 Å². The van der Waals surface area contributed by atoms with Gasteiger partial charge in [0, 0.05) is 42.2 Å². The van der Waals surface area contributed by atoms with Crippen molar-refractivity contribution in [3.05, 3.63) is 70.1 Å². The number of nitrogens with zero attached hydrogens (tertiary/aromatic N) is 4. The molecule has 0 bridgehead atoms. The van der Waals surface area contributed by atoms with Crippen LogP contribution in [0, 0.1) is 10.1 Å². The molecule has 12 heteroatoms. The van der Waals surface area contributed by atoms with Gasteiger partial charge >= 0.3 is 17.8 Å². The molecule has 12 nitrogen and oxygen atoms in total. The number of nitrogens with one attached hydrogen (secondary N) is 2. The number of nitro benzene ring substituents is 1. The minimum atomic E-state index is -0.632. The molecule has 1 aromatic heterocycles. The molecule has 2 aromatic carbocycles. The number of hydrogen-bond acceptors (Lipinski definition) is 9. The average Bonchev–Trinajstić information content (AvgIpc) is 3.29. The summed E-state index contributed by atoms with van der Waals surface area (Å²) in [5, 5.41) is 22.9. The number of amides is 2. The predicted molar refractivity (Wildman–Crippen MR) is 113 cm³/mol. The van der Waals surface area contributed by atoms with Gasteiger partial charge in [0.15, 0.2) is 0 Å². The Bertz CT molecular complexity index is 1120. The Labute approximate surface area is 181 Å². The van der Waals surface area contributed by atoms with Gasteiger partial charge in [-0.25, -0.2) is 0 Å². The summed E-state index contributed by atoms with van der Waals surface area (Å²) in [5.74, 6) is -1.58. The molecule has 2 heterocycles. The van der Waals surface area contributed by atoms with Crippen LogP contribution in [0.1, 0.15) is 21.0 Å². The fraction of sp³-hybridized carbons (Fsp3) is 0.200. The third-order valence-corrected chi connectivity index (χ3v) is 4.68. The lowest BCUT2D eigenvalue weighted by molar-refractivity contribution is -0.384. The number of non-ortho nitro benzene ring substituents is 1. The standard InChI is InChI=1S/C20H18N6O6/c27-17(13-1-5-16(6-2-13)26(29)30)22-20-24-23-19(32-20)18(28)21-14-3-7-15(8-4-14)25-9-11-31-12-10-25/h1-8H,9-12H2,(H,21,28)(H,22,24,27). The predicted octanol–water partition coefficient (Wildman–Crippen LogP) is 2.32. The molecule has 0 saturated carbocycles. The zero-order chi connectivity index (χ0) is 22.5. The quantitative estimate of drug-likeness (QED) is 0.436. The summed E-state index contributed by atoms with van der Waals surface area (Å²) >= 11 is 0. The van der Waals surface area contributed by atoms with Gasteiger partial charge in [0.1, 0.15) is 0 Å². The van der Waals surface area contributed by atoms with E-state index in [9.17, 15) is 19.7 Å². The molecule has 1 aliphatic rings. The second kappa shape index (κ2) is 9.22. The maximum absolute atomic E-state index is 12.4. The van der Waals surface area contributed by atoms with Gasteiger partial charge in [-0.3, -0.25) is 25.0 Å². The van der Waals surface area contributed by atoms with Crippen molar-refractivity contribution in [1.29, 1.82) is 0 Å². The largest absolute Gasteiger partial charge is 0.399 e. The van der Waals surface area contributed by atoms with Crippen molar-refractivity contribution >= 4 is 34.9 Å². The summed E-state index contributed by atoms with van der Waals surface area (Å²) in [4.78, 5) is 36.9. The molecule has 2 amide bonds. The minimum absolute atomic E-state index is 0.142. The van der Waals surface area contributed by atoms with Gasteiger partial charge in [-0.1, -0.05) is 5.10 Å². The van der Waals surface area contributed by atoms with Gasteiger partial charge in [-0.2, -0.15) is 0 Å². The number of carbonyl (C=O) groups is 2. The molecule has 0 atom stereocenters. The summed E-state index contributed by atoms with van der Waals surface area (Å²) in [6.45, 7) is 2.97. The fourth-order valence-corrected chi connectivity index (χ4v) is 3.03. The van der Waals surface area contributed by atoms with E-state index in [4.69, 9.17) is 9.15 Å². The molecule has 164 valence electrons. The van der Waals surface area contributed by atoms with Crippen LogP contribution < -0.4 is 15.5 Å². The van der Waals surface area contributed by atoms with E-state index in [-0.39, 0.29) is 23.2 Å². The molecule has 1 saturated heterocycles. The highest BCUT2D eigenvalue weighted by Crippen LogP contribution is 2.20. The van der Waals surface area contributed by atoms with Gasteiger partial charge in [0.2, 0.25) is 0 Å². The van der Waals surface area contributed by atoms with Gasteiger partial charge in [0.05, 0.1) is 18.1 Å². The first-order valence-corrected chi connectivity index (χ1v) is 9.63. The van der Waals surface area contributed by atoms with Crippen molar-refractivity contribution in [3.63, 3.8) is 0 Å². The summed E-state index contributed by atoms with van der Waals surface area (Å²) in [6, 6.07) is 12.0. The molecule has 0 aliphatic carbocycles. The van der Waals surface area contributed by atoms with Crippen LogP contribution in [0.25, 0.3) is 0 Å². The van der Waals surface area contributed by atoms with Crippen molar-refractivity contribution in [3.8, 4) is 0 Å². The number of nitro groups is 1. The lowest BCUT2D eigenvalue weighted by Crippen LogP contribution is -2.36. The fourth-order valence-electron chi connectivity index (χ4n) is 3.03. The topological polar surface area (TPSA) is 153 Å². The number of aromatic nitrogens is 2. The Morgan fingerprint density at radius 2 is 1.62 bits per heavy atom. The molecule has 1 fully saturated rings. The van der Waals surface area contributed by atoms with E-state index in [2.05, 4.69) is 25.7 Å². The van der Waals surface area contributed by atoms with Crippen LogP contribution in [0.3, 0.4) is 0 Å². The van der Waals surface area contributed by atoms with Gasteiger partial charge in [-0.15, -0.1) is 5.10 Å². The summed E-state index contributed by atoms with van der Waals surface area (Å²) < 4.78 is 10.5. The first-order valence-electron chi connectivity index (χ1n) is 9.63. The summed E-state index contributed by atoms with van der Waals surface area (Å²) in [5.41, 5.74) is 1.58. The molecule has 4 rings (SSSR count). The van der Waals surface area contributed by atoms with Gasteiger partial charge < -0.3 is 19.4 Å². The normalized spacial score (nSPS) is 13.4. The Balaban J connectivity index is 1.35. The van der Waals surface area contributed by atoms with Crippen molar-refractivity contribution in [2.24, 2.45) is 0 Å². The Morgan fingerprint density at radius 3 is 2.28 bits per heavy atom. The maximum Gasteiger partial charge on any atom is 0.322 e. The zero-order valence-electron chi connectivity index (χ0n) is 16.7. The SMILES string of the molecule is O=C(Nc1nnc(C(=O)Nc2ccc(N3CCOCC3)cc2)o1)c1ccc([N+](=O)[O-])cc1. The second-order valence-corrected chi connectivity index (χ2v) is 6.77. The monoisotopic (exact) mass is 438 g/mol. The first-order chi connectivity index (χ1) is 15.5. The number of benzene rings is 2. The lowest BCUT2D eigenvalue weighted by Gasteiger charge is -2.28. The minimum Gasteiger partial charge on any atom is -0.399 e. The molecule has 1 aliphatic heterocycles. The van der Waals surface area contributed by atoms with E-state index in [1.54, 1.807) is 12.1 Å². The molecular formula is C20H18N6O6. The Hall–Kier alpha value is -4.32. The molecule has 0 radical (unpaired) electrons. The molecule has 3 aromatic rings. The van der Waals surface area contributed by atoms with E-state index >= 15 is 0 Å². The van der Waals surface area contributed by atoms with Crippen LogP contribution in [0.15, 0.2) is 52.9 Å². The molecule has 32 heavy (non-hydrogen) atoms. The highest BCUT2D eigenvalue weighted by molar-refractivity contribution is 6.04. The van der Waals surface area contributed by atoms with E-state index in [1.165, 1.54) is 24.3 Å². The molecule has 0 unspecified atom stereocenters. The zero-order valence-corrected chi connectivity index (χ0v) is 16.7. The van der Waals surface area contributed by atoms with E-state index in [1.807, 2.05) is 12.1 Å². The van der Waals surface area contributed by atoms with Crippen molar-refractivity contribution < 1.29 is 23.7 Å². The third kappa shape index (κ3) is 4.87. The summed E-state index contributed by atoms with van der Waals surface area (Å²) in [6.07, 6.45) is 0. The lowest BCUT2D eigenvalue weighted by atomic mass is 10.2. The van der Waals surface area contributed by atoms with Crippen molar-refractivity contribution in [2.45, 2.75) is 0 Å². The number of hydrogen-bond donors (Lipinski definition) is 2. The molecule has 2 N–H and O–H groups in total. The van der Waals surface area contributed by atoms with Crippen LogP contribution >= 0.6 is 0 Å². The van der Waals surface area contributed by atoms with Crippen LogP contribution in [-0.4, -0.2) is 53.2 Å². The first kappa shape index (κ1) is 20.9. The number of carbonyl (C=O) groups excluding carboxylic acids is 2. The highest BCUT2D eigenvalue weighted by atomic mass is 16.6. The third-order valence-electron chi connectivity index (χ3n) is 4.68. The van der Waals surface area contributed by atoms with E-state index < -0.39 is 16.7 Å². The van der Waals surface area contributed by atoms with Gasteiger partial charge in [-0.05, 0) is 36.4 Å². The number of rotatable bonds is 6. The number of anilines is 3. The van der Waals surface area contributed by atoms with Crippen LogP contribution in [0.5, 0.6) is 0 Å². The number of morpholine rings is 1. The van der Waals surface area contributed by atoms with Crippen LogP contribution in [0.4, 0.5) is 23.1 Å². The number of ether oxygens (including phenoxy) is 1. The highest BCUT2D eigenvalue weighted by Gasteiger charge is 2.18. The Kier molecular flexibility index (Phi) is 6.03. The van der Waals surface area contributed by atoms with Crippen molar-refractivity contribution in [1.82, 2.24) is 10.2 Å². The summed E-state index contributed by atoms with van der Waals surface area (Å²) in [7, 11) is 0. The molecule has 0 spiro atoms. The van der Waals surface area contributed by atoms with E-state index in [0.29, 0.717) is 18.9 Å². The van der Waals surface area contributed by atoms with Gasteiger partial charge in [0.25, 0.3) is 11.6 Å². The maximum atomic E-state index is 12.4. The average molecular weight is 438 g/mol. The molecular weight excluding hydrogens is 420 g/mol. The smallest absolute Gasteiger partial charge is 0.322 e. The van der Waals surface area contributed by atoms with Crippen LogP contribution in [0.2, 0.25) is 0 Å². The van der Waals surface area contributed by atoms with Crippen LogP contribution in [-0.2, 0) is 4.74 Å². The second-order valence-electron chi connectivity index (χ2n) is 6.77. The Morgan fingerprint density at radius 1 is 0.938 bits per heavy atom. The van der Waals surface area contributed by atoms with Crippen molar-refractivity contribution in [2.75, 3.05) is 41.8 Å².